The molecule has 0 amide bonds. The average molecular weight is 250 g/mol. The van der Waals surface area contributed by atoms with Gasteiger partial charge in [0.1, 0.15) is 6.07 Å². The Morgan fingerprint density at radius 1 is 1.35 bits per heavy atom. The highest BCUT2D eigenvalue weighted by Crippen LogP contribution is 2.31. The van der Waals surface area contributed by atoms with E-state index in [-0.39, 0.29) is 0 Å². The van der Waals surface area contributed by atoms with Gasteiger partial charge in [0.05, 0.1) is 23.5 Å². The number of aliphatic hydroxyl groups is 2. The number of β-amino-alcohol motifs (C(OH)–C–C–N with tert-alkyl or cyclic N) is 2. The van der Waals surface area contributed by atoms with E-state index in [2.05, 4.69) is 6.07 Å². The van der Waals surface area contributed by atoms with Crippen LogP contribution in [0.4, 0.5) is 5.69 Å². The summed E-state index contributed by atoms with van der Waals surface area (Å²) in [7, 11) is 0. The zero-order valence-electron chi connectivity index (χ0n) is 9.50. The van der Waals surface area contributed by atoms with Crippen LogP contribution in [0.15, 0.2) is 23.1 Å². The summed E-state index contributed by atoms with van der Waals surface area (Å²) in [6, 6.07) is 7.83. The number of anilines is 1. The van der Waals surface area contributed by atoms with Gasteiger partial charge in [0.2, 0.25) is 0 Å². The number of aliphatic hydroxyl groups excluding tert-OH is 2. The van der Waals surface area contributed by atoms with Crippen molar-refractivity contribution in [2.75, 3.05) is 24.2 Å². The number of rotatable bonds is 2. The second kappa shape index (κ2) is 4.96. The van der Waals surface area contributed by atoms with Gasteiger partial charge in [-0.15, -0.1) is 11.8 Å². The molecule has 0 spiro atoms. The van der Waals surface area contributed by atoms with Crippen LogP contribution in [-0.2, 0) is 0 Å². The van der Waals surface area contributed by atoms with Gasteiger partial charge in [0.25, 0.3) is 0 Å². The number of nitriles is 1. The van der Waals surface area contributed by atoms with E-state index in [4.69, 9.17) is 0 Å². The van der Waals surface area contributed by atoms with Crippen molar-refractivity contribution in [3.8, 4) is 6.07 Å². The monoisotopic (exact) mass is 250 g/mol. The number of hydrogen-bond acceptors (Lipinski definition) is 5. The first-order valence-corrected chi connectivity index (χ1v) is 6.58. The minimum atomic E-state index is -0.737. The predicted molar refractivity (Wildman–Crippen MR) is 67.2 cm³/mol. The van der Waals surface area contributed by atoms with Crippen molar-refractivity contribution in [3.05, 3.63) is 23.8 Å². The second-order valence-corrected chi connectivity index (χ2v) is 4.85. The first kappa shape index (κ1) is 12.2. The van der Waals surface area contributed by atoms with Crippen molar-refractivity contribution in [2.45, 2.75) is 17.1 Å². The van der Waals surface area contributed by atoms with Crippen molar-refractivity contribution >= 4 is 17.4 Å². The molecular weight excluding hydrogens is 236 g/mol. The molecule has 1 fully saturated rings. The molecule has 2 atom stereocenters. The van der Waals surface area contributed by atoms with Crippen LogP contribution >= 0.6 is 11.8 Å². The van der Waals surface area contributed by atoms with Crippen molar-refractivity contribution in [2.24, 2.45) is 0 Å². The lowest BCUT2D eigenvalue weighted by atomic mass is 10.2. The lowest BCUT2D eigenvalue weighted by molar-refractivity contribution is 0.0572. The van der Waals surface area contributed by atoms with E-state index in [1.807, 2.05) is 29.4 Å². The van der Waals surface area contributed by atoms with Crippen LogP contribution in [0.25, 0.3) is 0 Å². The highest BCUT2D eigenvalue weighted by atomic mass is 32.2. The van der Waals surface area contributed by atoms with Crippen LogP contribution in [0, 0.1) is 11.3 Å². The molecule has 1 saturated heterocycles. The van der Waals surface area contributed by atoms with Gasteiger partial charge in [-0.25, -0.2) is 0 Å². The van der Waals surface area contributed by atoms with Gasteiger partial charge < -0.3 is 15.1 Å². The molecule has 0 saturated carbocycles. The Morgan fingerprint density at radius 2 is 2.00 bits per heavy atom. The SMILES string of the molecule is CSc1cccc(N2CC(O)C(O)C2)c1C#N. The topological polar surface area (TPSA) is 67.5 Å². The number of thioether (sulfide) groups is 1. The predicted octanol–water partition coefficient (Wildman–Crippen LogP) is 0.822. The fraction of sp³-hybridized carbons (Fsp3) is 0.417. The zero-order valence-corrected chi connectivity index (χ0v) is 10.3. The standard InChI is InChI=1S/C12H14N2O2S/c1-17-12-4-2-3-9(8(12)5-13)14-6-10(15)11(16)7-14/h2-4,10-11,15-16H,6-7H2,1H3. The van der Waals surface area contributed by atoms with E-state index in [0.717, 1.165) is 10.6 Å². The van der Waals surface area contributed by atoms with E-state index in [0.29, 0.717) is 18.7 Å². The molecule has 1 aliphatic rings. The van der Waals surface area contributed by atoms with Gasteiger partial charge in [0.15, 0.2) is 0 Å². The summed E-state index contributed by atoms with van der Waals surface area (Å²) in [4.78, 5) is 2.77. The minimum Gasteiger partial charge on any atom is -0.389 e. The first-order chi connectivity index (χ1) is 8.17. The number of hydrogen-bond donors (Lipinski definition) is 2. The summed E-state index contributed by atoms with van der Waals surface area (Å²) in [5, 5.41) is 28.3. The second-order valence-electron chi connectivity index (χ2n) is 4.01. The molecule has 5 heteroatoms. The Bertz CT molecular complexity index is 448. The molecule has 0 aromatic heterocycles. The van der Waals surface area contributed by atoms with Gasteiger partial charge in [-0.1, -0.05) is 6.07 Å². The van der Waals surface area contributed by atoms with Crippen LogP contribution in [0.3, 0.4) is 0 Å². The average Bonchev–Trinajstić information content (AvgIpc) is 2.68. The minimum absolute atomic E-state index is 0.369. The maximum Gasteiger partial charge on any atom is 0.103 e. The van der Waals surface area contributed by atoms with Crippen LogP contribution < -0.4 is 4.90 Å². The summed E-state index contributed by atoms with van der Waals surface area (Å²) in [5.74, 6) is 0. The third-order valence-corrected chi connectivity index (χ3v) is 3.72. The zero-order chi connectivity index (χ0) is 12.4. The van der Waals surface area contributed by atoms with E-state index in [9.17, 15) is 15.5 Å². The van der Waals surface area contributed by atoms with E-state index in [1.165, 1.54) is 11.8 Å². The molecule has 1 aromatic rings. The molecule has 17 heavy (non-hydrogen) atoms. The Kier molecular flexibility index (Phi) is 3.57. The molecular formula is C12H14N2O2S. The molecule has 2 rings (SSSR count). The summed E-state index contributed by atoms with van der Waals surface area (Å²) >= 11 is 1.52. The maximum absolute atomic E-state index is 9.54. The number of benzene rings is 1. The summed E-state index contributed by atoms with van der Waals surface area (Å²) < 4.78 is 0. The van der Waals surface area contributed by atoms with Crippen molar-refractivity contribution in [3.63, 3.8) is 0 Å². The fourth-order valence-electron chi connectivity index (χ4n) is 2.03. The Labute approximate surface area is 104 Å². The normalized spacial score (nSPS) is 23.8. The van der Waals surface area contributed by atoms with Gasteiger partial charge >= 0.3 is 0 Å². The molecule has 1 aliphatic heterocycles. The molecule has 0 bridgehead atoms. The van der Waals surface area contributed by atoms with Gasteiger partial charge in [0, 0.05) is 18.0 Å². The summed E-state index contributed by atoms with van der Waals surface area (Å²) in [6.07, 6.45) is 0.451. The third-order valence-electron chi connectivity index (χ3n) is 2.94. The Morgan fingerprint density at radius 3 is 2.53 bits per heavy atom. The van der Waals surface area contributed by atoms with Gasteiger partial charge in [-0.3, -0.25) is 0 Å². The molecule has 1 aromatic carbocycles. The molecule has 0 radical (unpaired) electrons. The van der Waals surface area contributed by atoms with E-state index < -0.39 is 12.2 Å². The summed E-state index contributed by atoms with van der Waals surface area (Å²) in [5.41, 5.74) is 1.40. The van der Waals surface area contributed by atoms with Gasteiger partial charge in [-0.2, -0.15) is 5.26 Å². The van der Waals surface area contributed by atoms with Crippen LogP contribution in [-0.4, -0.2) is 41.8 Å². The molecule has 90 valence electrons. The molecule has 1 heterocycles. The fourth-order valence-corrected chi connectivity index (χ4v) is 2.60. The molecule has 4 nitrogen and oxygen atoms in total. The molecule has 0 aliphatic carbocycles. The quantitative estimate of drug-likeness (QED) is 0.761. The Balaban J connectivity index is 2.37. The highest BCUT2D eigenvalue weighted by molar-refractivity contribution is 7.98. The van der Waals surface area contributed by atoms with Crippen LogP contribution in [0.2, 0.25) is 0 Å². The largest absolute Gasteiger partial charge is 0.389 e. The first-order valence-electron chi connectivity index (χ1n) is 5.35. The highest BCUT2D eigenvalue weighted by Gasteiger charge is 2.31. The third kappa shape index (κ3) is 2.25. The molecule has 2 unspecified atom stereocenters. The van der Waals surface area contributed by atoms with E-state index >= 15 is 0 Å². The van der Waals surface area contributed by atoms with Crippen molar-refractivity contribution in [1.29, 1.82) is 5.26 Å². The summed E-state index contributed by atoms with van der Waals surface area (Å²) in [6.45, 7) is 0.737. The smallest absolute Gasteiger partial charge is 0.103 e. The van der Waals surface area contributed by atoms with E-state index in [1.54, 1.807) is 0 Å². The van der Waals surface area contributed by atoms with Crippen molar-refractivity contribution < 1.29 is 10.2 Å². The number of nitrogens with zero attached hydrogens (tertiary/aromatic N) is 2. The maximum atomic E-state index is 9.54. The Hall–Kier alpha value is -1.22. The lowest BCUT2D eigenvalue weighted by Crippen LogP contribution is -2.22. The van der Waals surface area contributed by atoms with Crippen LogP contribution in [0.5, 0.6) is 0 Å². The lowest BCUT2D eigenvalue weighted by Gasteiger charge is -2.20. The molecule has 2 N–H and O–H groups in total. The van der Waals surface area contributed by atoms with Gasteiger partial charge in [-0.05, 0) is 18.4 Å². The van der Waals surface area contributed by atoms with Crippen LogP contribution in [0.1, 0.15) is 5.56 Å². The van der Waals surface area contributed by atoms with Crippen molar-refractivity contribution in [1.82, 2.24) is 0 Å².